The average molecular weight is 391 g/mol. The number of ether oxygens (including phenoxy) is 1. The molecular formula is C18H18NO7P. The van der Waals surface area contributed by atoms with Gasteiger partial charge in [-0.3, -0.25) is 14.3 Å². The van der Waals surface area contributed by atoms with E-state index in [1.165, 1.54) is 0 Å². The maximum Gasteiger partial charge on any atom is 0.410 e. The van der Waals surface area contributed by atoms with Crippen LogP contribution < -0.4 is 0 Å². The lowest BCUT2D eigenvalue weighted by Gasteiger charge is -2.22. The molecular weight excluding hydrogens is 373 g/mol. The highest BCUT2D eigenvalue weighted by Crippen LogP contribution is 2.44. The van der Waals surface area contributed by atoms with E-state index < -0.39 is 32.5 Å². The second-order valence-electron chi connectivity index (χ2n) is 6.20. The number of fused-ring (bicyclic) bond motifs is 3. The third-order valence-electron chi connectivity index (χ3n) is 4.28. The number of carboxylic acid groups (broad SMARTS) is 1. The summed E-state index contributed by atoms with van der Waals surface area (Å²) < 4.78 is 16.4. The van der Waals surface area contributed by atoms with Crippen molar-refractivity contribution in [2.24, 2.45) is 0 Å². The van der Waals surface area contributed by atoms with E-state index in [4.69, 9.17) is 19.6 Å². The molecule has 0 bridgehead atoms. The molecule has 0 radical (unpaired) electrons. The van der Waals surface area contributed by atoms with Crippen molar-refractivity contribution < 1.29 is 33.8 Å². The fourth-order valence-electron chi connectivity index (χ4n) is 3.24. The van der Waals surface area contributed by atoms with Crippen molar-refractivity contribution >= 4 is 19.7 Å². The van der Waals surface area contributed by atoms with Gasteiger partial charge in [0.05, 0.1) is 0 Å². The summed E-state index contributed by atoms with van der Waals surface area (Å²) in [7, 11) is -4.63. The topological polar surface area (TPSA) is 124 Å². The lowest BCUT2D eigenvalue weighted by atomic mass is 9.98. The standard InChI is InChI=1S/C18H18NO7P/c20-17(21)9-19(11-27(23,24)25)18(22)26-10-16-14-7-3-1-5-12(14)13-6-2-4-8-15(13)16/h1-8,16H,9-11H2,(H,20,21)(H2,23,24,25). The van der Waals surface area contributed by atoms with Crippen molar-refractivity contribution in [1.82, 2.24) is 4.90 Å². The van der Waals surface area contributed by atoms with Gasteiger partial charge in [0.15, 0.2) is 0 Å². The summed E-state index contributed by atoms with van der Waals surface area (Å²) in [5.74, 6) is -1.62. The number of hydrogen-bond donors (Lipinski definition) is 3. The van der Waals surface area contributed by atoms with Gasteiger partial charge in [0.25, 0.3) is 0 Å². The predicted octanol–water partition coefficient (Wildman–Crippen LogP) is 2.46. The van der Waals surface area contributed by atoms with Crippen LogP contribution in [0.4, 0.5) is 4.79 Å². The molecule has 0 saturated heterocycles. The van der Waals surface area contributed by atoms with Crippen molar-refractivity contribution in [3.63, 3.8) is 0 Å². The van der Waals surface area contributed by atoms with Gasteiger partial charge in [0, 0.05) is 5.92 Å². The molecule has 1 amide bonds. The summed E-state index contributed by atoms with van der Waals surface area (Å²) in [6.07, 6.45) is -2.10. The number of benzene rings is 2. The third-order valence-corrected chi connectivity index (χ3v) is 4.99. The Morgan fingerprint density at radius 3 is 2.00 bits per heavy atom. The maximum atomic E-state index is 12.2. The zero-order chi connectivity index (χ0) is 19.6. The molecule has 2 aromatic rings. The maximum absolute atomic E-state index is 12.2. The van der Waals surface area contributed by atoms with Gasteiger partial charge in [-0.15, -0.1) is 0 Å². The lowest BCUT2D eigenvalue weighted by Crippen LogP contribution is -2.37. The Labute approximate surface area is 155 Å². The van der Waals surface area contributed by atoms with E-state index in [0.29, 0.717) is 4.90 Å². The fourth-order valence-corrected chi connectivity index (χ4v) is 3.90. The van der Waals surface area contributed by atoms with Gasteiger partial charge in [0.2, 0.25) is 0 Å². The summed E-state index contributed by atoms with van der Waals surface area (Å²) >= 11 is 0. The van der Waals surface area contributed by atoms with Crippen LogP contribution in [0.1, 0.15) is 17.0 Å². The molecule has 1 aliphatic carbocycles. The Morgan fingerprint density at radius 2 is 1.52 bits per heavy atom. The molecule has 3 N–H and O–H groups in total. The zero-order valence-corrected chi connectivity index (χ0v) is 15.1. The van der Waals surface area contributed by atoms with Crippen molar-refractivity contribution in [2.75, 3.05) is 19.4 Å². The highest BCUT2D eigenvalue weighted by atomic mass is 31.2. The van der Waals surface area contributed by atoms with E-state index in [-0.39, 0.29) is 12.5 Å². The predicted molar refractivity (Wildman–Crippen MR) is 96.3 cm³/mol. The fraction of sp³-hybridized carbons (Fsp3) is 0.222. The molecule has 0 atom stereocenters. The summed E-state index contributed by atoms with van der Waals surface area (Å²) in [6.45, 7) is -0.925. The van der Waals surface area contributed by atoms with E-state index in [1.54, 1.807) is 0 Å². The van der Waals surface area contributed by atoms with Crippen molar-refractivity contribution in [2.45, 2.75) is 5.92 Å². The van der Waals surface area contributed by atoms with E-state index in [0.717, 1.165) is 22.3 Å². The van der Waals surface area contributed by atoms with Crippen LogP contribution in [-0.2, 0) is 14.1 Å². The first-order valence-corrected chi connectivity index (χ1v) is 9.92. The minimum atomic E-state index is -4.63. The van der Waals surface area contributed by atoms with E-state index in [1.807, 2.05) is 48.5 Å². The van der Waals surface area contributed by atoms with E-state index in [9.17, 15) is 14.2 Å². The largest absolute Gasteiger partial charge is 0.480 e. The number of carboxylic acids is 1. The Morgan fingerprint density at radius 1 is 1.00 bits per heavy atom. The van der Waals surface area contributed by atoms with Gasteiger partial charge in [-0.25, -0.2) is 4.79 Å². The zero-order valence-electron chi connectivity index (χ0n) is 14.2. The van der Waals surface area contributed by atoms with Crippen molar-refractivity contribution in [3.8, 4) is 11.1 Å². The molecule has 0 spiro atoms. The van der Waals surface area contributed by atoms with Gasteiger partial charge >= 0.3 is 19.7 Å². The van der Waals surface area contributed by atoms with Crippen LogP contribution in [-0.4, -0.2) is 51.3 Å². The lowest BCUT2D eigenvalue weighted by molar-refractivity contribution is -0.137. The third kappa shape index (κ3) is 4.36. The number of carbonyl (C=O) groups excluding carboxylic acids is 1. The highest BCUT2D eigenvalue weighted by molar-refractivity contribution is 7.51. The normalized spacial score (nSPS) is 13.0. The number of carbonyl (C=O) groups is 2. The Bertz CT molecular complexity index is 878. The number of rotatable bonds is 6. The molecule has 3 rings (SSSR count). The molecule has 0 fully saturated rings. The van der Waals surface area contributed by atoms with Crippen LogP contribution in [0.15, 0.2) is 48.5 Å². The minimum Gasteiger partial charge on any atom is -0.480 e. The monoisotopic (exact) mass is 391 g/mol. The van der Waals surface area contributed by atoms with Gasteiger partial charge in [-0.1, -0.05) is 48.5 Å². The van der Waals surface area contributed by atoms with E-state index in [2.05, 4.69) is 0 Å². The quantitative estimate of drug-likeness (QED) is 0.646. The molecule has 9 heteroatoms. The Hall–Kier alpha value is -2.67. The van der Waals surface area contributed by atoms with Gasteiger partial charge in [-0.05, 0) is 22.3 Å². The number of amides is 1. The minimum absolute atomic E-state index is 0.0653. The molecule has 1 aliphatic rings. The van der Waals surface area contributed by atoms with Crippen LogP contribution in [0, 0.1) is 0 Å². The number of hydrogen-bond acceptors (Lipinski definition) is 4. The summed E-state index contributed by atoms with van der Waals surface area (Å²) in [4.78, 5) is 41.7. The summed E-state index contributed by atoms with van der Waals surface area (Å²) in [6, 6.07) is 15.4. The van der Waals surface area contributed by atoms with Gasteiger partial charge < -0.3 is 19.6 Å². The molecule has 142 valence electrons. The first-order chi connectivity index (χ1) is 12.8. The van der Waals surface area contributed by atoms with Crippen molar-refractivity contribution in [1.29, 1.82) is 0 Å². The van der Waals surface area contributed by atoms with Crippen molar-refractivity contribution in [3.05, 3.63) is 59.7 Å². The smallest absolute Gasteiger partial charge is 0.410 e. The van der Waals surface area contributed by atoms with Gasteiger partial charge in [-0.2, -0.15) is 0 Å². The molecule has 27 heavy (non-hydrogen) atoms. The molecule has 0 heterocycles. The second-order valence-corrected chi connectivity index (χ2v) is 7.81. The molecule has 0 unspecified atom stereocenters. The SMILES string of the molecule is O=C(O)CN(CP(=O)(O)O)C(=O)OCC1c2ccccc2-c2ccccc21. The molecule has 0 aliphatic heterocycles. The summed E-state index contributed by atoms with van der Waals surface area (Å²) in [5.41, 5.74) is 4.02. The number of nitrogens with zero attached hydrogens (tertiary/aromatic N) is 1. The number of aliphatic carboxylic acids is 1. The second kappa shape index (κ2) is 7.52. The van der Waals surface area contributed by atoms with Crippen LogP contribution >= 0.6 is 7.60 Å². The molecule has 8 nitrogen and oxygen atoms in total. The first-order valence-electron chi connectivity index (χ1n) is 8.12. The summed E-state index contributed by atoms with van der Waals surface area (Å²) in [5, 5.41) is 8.87. The van der Waals surface area contributed by atoms with E-state index >= 15 is 0 Å². The molecule has 0 saturated carbocycles. The van der Waals surface area contributed by atoms with Gasteiger partial charge in [0.1, 0.15) is 19.4 Å². The molecule has 2 aromatic carbocycles. The molecule has 0 aromatic heterocycles. The Kier molecular flexibility index (Phi) is 5.32. The van der Waals surface area contributed by atoms with Crippen LogP contribution in [0.25, 0.3) is 11.1 Å². The van der Waals surface area contributed by atoms with Crippen LogP contribution in [0.5, 0.6) is 0 Å². The van der Waals surface area contributed by atoms with Crippen LogP contribution in [0.3, 0.4) is 0 Å². The highest BCUT2D eigenvalue weighted by Gasteiger charge is 2.31. The Balaban J connectivity index is 1.78. The van der Waals surface area contributed by atoms with Crippen LogP contribution in [0.2, 0.25) is 0 Å². The first kappa shape index (κ1) is 19.1. The average Bonchev–Trinajstić information content (AvgIpc) is 2.91.